The van der Waals surface area contributed by atoms with E-state index in [1.807, 2.05) is 37.3 Å². The maximum absolute atomic E-state index is 5.35. The van der Waals surface area contributed by atoms with Gasteiger partial charge < -0.3 is 10.1 Å². The fraction of sp³-hybridized carbons (Fsp3) is 0.364. The van der Waals surface area contributed by atoms with Gasteiger partial charge >= 0.3 is 0 Å². The van der Waals surface area contributed by atoms with Crippen LogP contribution in [0.3, 0.4) is 0 Å². The summed E-state index contributed by atoms with van der Waals surface area (Å²) in [5.41, 5.74) is 3.45. The molecule has 0 radical (unpaired) electrons. The zero-order valence-electron chi connectivity index (χ0n) is 9.44. The van der Waals surface area contributed by atoms with Crippen LogP contribution in [0.4, 0.5) is 5.69 Å². The quantitative estimate of drug-likeness (QED) is 0.228. The van der Waals surface area contributed by atoms with Crippen LogP contribution in [0, 0.1) is 0 Å². The number of nitrogens with zero attached hydrogens (tertiary/aromatic N) is 1. The molecule has 0 bridgehead atoms. The molecule has 5 nitrogen and oxygen atoms in total. The van der Waals surface area contributed by atoms with Gasteiger partial charge in [-0.2, -0.15) is 0 Å². The molecular weight excluding hydrogens is 204 g/mol. The molecule has 5 heteroatoms. The molecule has 0 fully saturated rings. The zero-order chi connectivity index (χ0) is 11.6. The van der Waals surface area contributed by atoms with E-state index in [9.17, 15) is 0 Å². The largest absolute Gasteiger partial charge is 0.380 e. The van der Waals surface area contributed by atoms with Crippen LogP contribution in [-0.2, 0) is 4.74 Å². The van der Waals surface area contributed by atoms with Gasteiger partial charge in [-0.15, -0.1) is 0 Å². The number of ether oxygens (including phenoxy) is 1. The lowest BCUT2D eigenvalue weighted by Crippen LogP contribution is -2.36. The molecule has 0 atom stereocenters. The summed E-state index contributed by atoms with van der Waals surface area (Å²) in [6.07, 6.45) is 0. The third-order valence-corrected chi connectivity index (χ3v) is 1.88. The monoisotopic (exact) mass is 222 g/mol. The Bertz CT molecular complexity index is 313. The fourth-order valence-electron chi connectivity index (χ4n) is 1.15. The summed E-state index contributed by atoms with van der Waals surface area (Å²) in [6.45, 7) is 3.83. The van der Waals surface area contributed by atoms with Crippen LogP contribution in [0.2, 0.25) is 0 Å². The van der Waals surface area contributed by atoms with Crippen LogP contribution in [0.15, 0.2) is 35.3 Å². The fourth-order valence-corrected chi connectivity index (χ4v) is 1.15. The lowest BCUT2D eigenvalue weighted by Gasteiger charge is -2.08. The van der Waals surface area contributed by atoms with E-state index in [1.54, 1.807) is 0 Å². The first-order valence-electron chi connectivity index (χ1n) is 5.27. The number of hydrogen-bond donors (Lipinski definition) is 3. The minimum absolute atomic E-state index is 0.533. The van der Waals surface area contributed by atoms with Gasteiger partial charge in [0.2, 0.25) is 5.96 Å². The Morgan fingerprint density at radius 2 is 2.12 bits per heavy atom. The molecule has 1 rings (SSSR count). The second-order valence-corrected chi connectivity index (χ2v) is 3.06. The lowest BCUT2D eigenvalue weighted by atomic mass is 10.3. The summed E-state index contributed by atoms with van der Waals surface area (Å²) < 4.78 is 5.18. The van der Waals surface area contributed by atoms with Gasteiger partial charge in [-0.3, -0.25) is 5.43 Å². The smallest absolute Gasteiger partial charge is 0.210 e. The Balaban J connectivity index is 2.42. The van der Waals surface area contributed by atoms with Gasteiger partial charge in [-0.25, -0.2) is 10.8 Å². The minimum atomic E-state index is 0.533. The second kappa shape index (κ2) is 7.67. The van der Waals surface area contributed by atoms with Gasteiger partial charge in [0.25, 0.3) is 0 Å². The summed E-state index contributed by atoms with van der Waals surface area (Å²) >= 11 is 0. The zero-order valence-corrected chi connectivity index (χ0v) is 9.44. The lowest BCUT2D eigenvalue weighted by molar-refractivity contribution is 0.156. The third-order valence-electron chi connectivity index (χ3n) is 1.88. The van der Waals surface area contributed by atoms with Crippen molar-refractivity contribution in [1.29, 1.82) is 0 Å². The van der Waals surface area contributed by atoms with Crippen LogP contribution in [-0.4, -0.2) is 25.7 Å². The van der Waals surface area contributed by atoms with Crippen molar-refractivity contribution in [2.24, 2.45) is 10.8 Å². The van der Waals surface area contributed by atoms with E-state index in [-0.39, 0.29) is 0 Å². The molecule has 0 saturated carbocycles. The molecule has 1 aromatic rings. The minimum Gasteiger partial charge on any atom is -0.380 e. The summed E-state index contributed by atoms with van der Waals surface area (Å²) in [5, 5.41) is 3.06. The molecule has 0 unspecified atom stereocenters. The Kier molecular flexibility index (Phi) is 5.98. The second-order valence-electron chi connectivity index (χ2n) is 3.06. The number of guanidine groups is 1. The normalized spacial score (nSPS) is 11.2. The Labute approximate surface area is 95.7 Å². The highest BCUT2D eigenvalue weighted by molar-refractivity contribution is 5.93. The third kappa shape index (κ3) is 4.77. The van der Waals surface area contributed by atoms with Crippen molar-refractivity contribution >= 4 is 11.6 Å². The number of aliphatic imine (C=N–C) groups is 1. The molecule has 0 spiro atoms. The van der Waals surface area contributed by atoms with E-state index in [0.29, 0.717) is 25.7 Å². The topological polar surface area (TPSA) is 71.7 Å². The van der Waals surface area contributed by atoms with Gasteiger partial charge in [0.05, 0.1) is 13.2 Å². The number of hydrogen-bond acceptors (Lipinski definition) is 3. The van der Waals surface area contributed by atoms with Crippen molar-refractivity contribution in [3.05, 3.63) is 30.3 Å². The highest BCUT2D eigenvalue weighted by Gasteiger charge is 1.95. The van der Waals surface area contributed by atoms with Crippen LogP contribution in [0.25, 0.3) is 0 Å². The summed E-state index contributed by atoms with van der Waals surface area (Å²) in [7, 11) is 0. The van der Waals surface area contributed by atoms with E-state index in [4.69, 9.17) is 10.6 Å². The Morgan fingerprint density at radius 3 is 2.75 bits per heavy atom. The number of nitrogens with two attached hydrogens (primary N) is 1. The van der Waals surface area contributed by atoms with Crippen molar-refractivity contribution in [1.82, 2.24) is 5.43 Å². The van der Waals surface area contributed by atoms with Crippen molar-refractivity contribution in [2.45, 2.75) is 6.92 Å². The van der Waals surface area contributed by atoms with Gasteiger partial charge in [0.15, 0.2) is 0 Å². The van der Waals surface area contributed by atoms with Crippen LogP contribution >= 0.6 is 0 Å². The maximum Gasteiger partial charge on any atom is 0.210 e. The number of anilines is 1. The summed E-state index contributed by atoms with van der Waals surface area (Å²) in [4.78, 5) is 4.22. The van der Waals surface area contributed by atoms with Crippen molar-refractivity contribution in [2.75, 3.05) is 25.1 Å². The predicted molar refractivity (Wildman–Crippen MR) is 66.2 cm³/mol. The first-order chi connectivity index (χ1) is 7.86. The SMILES string of the molecule is CCOCCN=C(NN)Nc1ccccc1. The standard InChI is InChI=1S/C11H18N4O/c1-2-16-9-8-13-11(15-12)14-10-6-4-3-5-7-10/h3-7H,2,8-9,12H2,1H3,(H2,13,14,15). The van der Waals surface area contributed by atoms with Crippen molar-refractivity contribution in [3.8, 4) is 0 Å². The molecule has 0 aliphatic heterocycles. The van der Waals surface area contributed by atoms with E-state index in [0.717, 1.165) is 5.69 Å². The van der Waals surface area contributed by atoms with Gasteiger partial charge in [0, 0.05) is 12.3 Å². The summed E-state index contributed by atoms with van der Waals surface area (Å²) in [5.74, 6) is 5.88. The van der Waals surface area contributed by atoms with Gasteiger partial charge in [0.1, 0.15) is 0 Å². The molecule has 0 heterocycles. The van der Waals surface area contributed by atoms with Gasteiger partial charge in [-0.05, 0) is 19.1 Å². The molecule has 1 aromatic carbocycles. The molecule has 0 amide bonds. The number of para-hydroxylation sites is 1. The number of rotatable bonds is 5. The molecule has 0 aromatic heterocycles. The summed E-state index contributed by atoms with van der Waals surface area (Å²) in [6, 6.07) is 9.71. The first-order valence-corrected chi connectivity index (χ1v) is 5.27. The number of nitrogens with one attached hydrogen (secondary N) is 2. The van der Waals surface area contributed by atoms with E-state index in [2.05, 4.69) is 15.7 Å². The highest BCUT2D eigenvalue weighted by atomic mass is 16.5. The maximum atomic E-state index is 5.35. The van der Waals surface area contributed by atoms with E-state index < -0.39 is 0 Å². The molecule has 0 aliphatic rings. The van der Waals surface area contributed by atoms with Crippen LogP contribution < -0.4 is 16.6 Å². The van der Waals surface area contributed by atoms with Crippen molar-refractivity contribution in [3.63, 3.8) is 0 Å². The average Bonchev–Trinajstić information content (AvgIpc) is 2.34. The van der Waals surface area contributed by atoms with E-state index in [1.165, 1.54) is 0 Å². The molecule has 0 aliphatic carbocycles. The molecule has 4 N–H and O–H groups in total. The molecule has 16 heavy (non-hydrogen) atoms. The number of benzene rings is 1. The van der Waals surface area contributed by atoms with Crippen LogP contribution in [0.5, 0.6) is 0 Å². The average molecular weight is 222 g/mol. The molecule has 88 valence electrons. The molecule has 0 saturated heterocycles. The van der Waals surface area contributed by atoms with Gasteiger partial charge in [-0.1, -0.05) is 18.2 Å². The van der Waals surface area contributed by atoms with E-state index >= 15 is 0 Å². The first kappa shape index (κ1) is 12.5. The Morgan fingerprint density at radius 1 is 1.38 bits per heavy atom. The highest BCUT2D eigenvalue weighted by Crippen LogP contribution is 2.03. The van der Waals surface area contributed by atoms with Crippen molar-refractivity contribution < 1.29 is 4.74 Å². The Hall–Kier alpha value is -1.59. The molecular formula is C11H18N4O. The van der Waals surface area contributed by atoms with Crippen LogP contribution in [0.1, 0.15) is 6.92 Å². The number of hydrazine groups is 1. The predicted octanol–water partition coefficient (Wildman–Crippen LogP) is 0.954.